The summed E-state index contributed by atoms with van der Waals surface area (Å²) in [5, 5.41) is 14.4. The average molecular weight is 292 g/mol. The molecule has 0 bridgehead atoms. The van der Waals surface area contributed by atoms with Crippen LogP contribution in [0.5, 0.6) is 5.75 Å². The normalized spacial score (nSPS) is 22.1. The fourth-order valence-electron chi connectivity index (χ4n) is 3.25. The van der Waals surface area contributed by atoms with Crippen LogP contribution in [-0.4, -0.2) is 18.1 Å². The highest BCUT2D eigenvalue weighted by Crippen LogP contribution is 2.35. The number of hydrogen-bond acceptors (Lipinski definition) is 4. The van der Waals surface area contributed by atoms with Gasteiger partial charge in [-0.2, -0.15) is 0 Å². The number of methoxy groups -OCH3 is 1. The van der Waals surface area contributed by atoms with E-state index in [0.717, 1.165) is 12.1 Å². The number of benzene rings is 1. The first kappa shape index (κ1) is 15.6. The van der Waals surface area contributed by atoms with Crippen LogP contribution in [-0.2, 0) is 0 Å². The summed E-state index contributed by atoms with van der Waals surface area (Å²) in [5.41, 5.74) is 0.905. The van der Waals surface area contributed by atoms with Crippen LogP contribution < -0.4 is 10.1 Å². The van der Waals surface area contributed by atoms with Crippen molar-refractivity contribution in [2.45, 2.75) is 45.6 Å². The summed E-state index contributed by atoms with van der Waals surface area (Å²) in [7, 11) is 1.55. The number of nitro benzene ring substituents is 1. The summed E-state index contributed by atoms with van der Waals surface area (Å²) < 4.78 is 5.31. The molecule has 1 aromatic carbocycles. The molecule has 1 saturated carbocycles. The molecule has 0 aliphatic heterocycles. The van der Waals surface area contributed by atoms with E-state index in [4.69, 9.17) is 4.74 Å². The van der Waals surface area contributed by atoms with Gasteiger partial charge in [0, 0.05) is 12.1 Å². The maximum absolute atomic E-state index is 10.8. The molecule has 2 rings (SSSR count). The summed E-state index contributed by atoms with van der Waals surface area (Å²) in [4.78, 5) is 10.4. The van der Waals surface area contributed by atoms with Crippen molar-refractivity contribution >= 4 is 11.4 Å². The Morgan fingerprint density at radius 3 is 2.67 bits per heavy atom. The van der Waals surface area contributed by atoms with Crippen LogP contribution in [0, 0.1) is 22.0 Å². The van der Waals surface area contributed by atoms with Crippen LogP contribution >= 0.6 is 0 Å². The molecular formula is C16H24N2O3. The van der Waals surface area contributed by atoms with E-state index >= 15 is 0 Å². The number of non-ortho nitro benzene ring substituents is 1. The van der Waals surface area contributed by atoms with Crippen molar-refractivity contribution in [3.63, 3.8) is 0 Å². The Morgan fingerprint density at radius 2 is 2.05 bits per heavy atom. The predicted octanol–water partition coefficient (Wildman–Crippen LogP) is 4.23. The Kier molecular flexibility index (Phi) is 5.04. The molecule has 1 fully saturated rings. The maximum atomic E-state index is 10.8. The van der Waals surface area contributed by atoms with Gasteiger partial charge in [-0.3, -0.25) is 10.1 Å². The zero-order valence-corrected chi connectivity index (χ0v) is 13.0. The van der Waals surface area contributed by atoms with Gasteiger partial charge in [-0.25, -0.2) is 0 Å². The number of ether oxygens (including phenoxy) is 1. The van der Waals surface area contributed by atoms with Gasteiger partial charge in [0.15, 0.2) is 0 Å². The molecule has 0 saturated heterocycles. The lowest BCUT2D eigenvalue weighted by Crippen LogP contribution is -2.35. The summed E-state index contributed by atoms with van der Waals surface area (Å²) in [5.74, 6) is 1.81. The number of rotatable bonds is 5. The summed E-state index contributed by atoms with van der Waals surface area (Å²) in [6, 6.07) is 5.17. The second-order valence-corrected chi connectivity index (χ2v) is 6.08. The molecule has 1 aliphatic carbocycles. The molecule has 1 aliphatic rings. The molecule has 116 valence electrons. The average Bonchev–Trinajstić information content (AvgIpc) is 2.47. The third-order valence-electron chi connectivity index (χ3n) is 4.41. The van der Waals surface area contributed by atoms with E-state index in [-0.39, 0.29) is 5.69 Å². The SMILES string of the molecule is COc1cc([N+](=O)[O-])ccc1NC1CCCCC1C(C)C. The number of nitrogens with one attached hydrogen (secondary N) is 1. The van der Waals surface area contributed by atoms with Crippen LogP contribution in [0.2, 0.25) is 0 Å². The molecule has 5 nitrogen and oxygen atoms in total. The van der Waals surface area contributed by atoms with Crippen molar-refractivity contribution in [1.29, 1.82) is 0 Å². The molecule has 5 heteroatoms. The van der Waals surface area contributed by atoms with Gasteiger partial charge in [0.25, 0.3) is 5.69 Å². The highest BCUT2D eigenvalue weighted by Gasteiger charge is 2.28. The highest BCUT2D eigenvalue weighted by molar-refractivity contribution is 5.61. The Labute approximate surface area is 125 Å². The molecule has 2 unspecified atom stereocenters. The molecule has 0 radical (unpaired) electrons. The first-order valence-electron chi connectivity index (χ1n) is 7.62. The van der Waals surface area contributed by atoms with E-state index < -0.39 is 4.92 Å². The Balaban J connectivity index is 2.19. The highest BCUT2D eigenvalue weighted by atomic mass is 16.6. The predicted molar refractivity (Wildman–Crippen MR) is 83.9 cm³/mol. The molecule has 1 aromatic rings. The largest absolute Gasteiger partial charge is 0.494 e. The number of hydrogen-bond donors (Lipinski definition) is 1. The van der Waals surface area contributed by atoms with Gasteiger partial charge in [-0.05, 0) is 30.7 Å². The van der Waals surface area contributed by atoms with E-state index in [2.05, 4.69) is 19.2 Å². The Bertz CT molecular complexity index is 502. The first-order valence-corrected chi connectivity index (χ1v) is 7.62. The van der Waals surface area contributed by atoms with E-state index in [0.29, 0.717) is 23.6 Å². The van der Waals surface area contributed by atoms with Crippen LogP contribution in [0.4, 0.5) is 11.4 Å². The van der Waals surface area contributed by atoms with Crippen LogP contribution in [0.25, 0.3) is 0 Å². The standard InChI is InChI=1S/C16H24N2O3/c1-11(2)13-6-4-5-7-14(13)17-15-9-8-12(18(19)20)10-16(15)21-3/h8-11,13-14,17H,4-7H2,1-3H3. The Hall–Kier alpha value is -1.78. The molecule has 2 atom stereocenters. The number of anilines is 1. The fraction of sp³-hybridized carbons (Fsp3) is 0.625. The molecular weight excluding hydrogens is 268 g/mol. The quantitative estimate of drug-likeness (QED) is 0.651. The van der Waals surface area contributed by atoms with Crippen molar-refractivity contribution in [2.24, 2.45) is 11.8 Å². The third kappa shape index (κ3) is 3.65. The topological polar surface area (TPSA) is 64.4 Å². The van der Waals surface area contributed by atoms with Crippen molar-refractivity contribution in [3.8, 4) is 5.75 Å². The minimum absolute atomic E-state index is 0.0569. The lowest BCUT2D eigenvalue weighted by atomic mass is 9.78. The second kappa shape index (κ2) is 6.78. The Morgan fingerprint density at radius 1 is 1.33 bits per heavy atom. The molecule has 0 heterocycles. The molecule has 0 spiro atoms. The van der Waals surface area contributed by atoms with Gasteiger partial charge in [0.1, 0.15) is 5.75 Å². The van der Waals surface area contributed by atoms with Crippen molar-refractivity contribution in [2.75, 3.05) is 12.4 Å². The van der Waals surface area contributed by atoms with Crippen LogP contribution in [0.15, 0.2) is 18.2 Å². The first-order chi connectivity index (χ1) is 10.0. The van der Waals surface area contributed by atoms with Crippen LogP contribution in [0.1, 0.15) is 39.5 Å². The van der Waals surface area contributed by atoms with Crippen molar-refractivity contribution in [3.05, 3.63) is 28.3 Å². The number of nitrogens with zero attached hydrogens (tertiary/aromatic N) is 1. The van der Waals surface area contributed by atoms with E-state index in [9.17, 15) is 10.1 Å². The minimum Gasteiger partial charge on any atom is -0.494 e. The molecule has 1 N–H and O–H groups in total. The monoisotopic (exact) mass is 292 g/mol. The van der Waals surface area contributed by atoms with Crippen molar-refractivity contribution < 1.29 is 9.66 Å². The molecule has 21 heavy (non-hydrogen) atoms. The lowest BCUT2D eigenvalue weighted by molar-refractivity contribution is -0.384. The second-order valence-electron chi connectivity index (χ2n) is 6.08. The zero-order valence-electron chi connectivity index (χ0n) is 13.0. The summed E-state index contributed by atoms with van der Waals surface area (Å²) in [6.45, 7) is 4.52. The van der Waals surface area contributed by atoms with E-state index in [1.54, 1.807) is 13.2 Å². The zero-order chi connectivity index (χ0) is 15.4. The third-order valence-corrected chi connectivity index (χ3v) is 4.41. The minimum atomic E-state index is -0.399. The van der Waals surface area contributed by atoms with Gasteiger partial charge < -0.3 is 10.1 Å². The van der Waals surface area contributed by atoms with Crippen molar-refractivity contribution in [1.82, 2.24) is 0 Å². The van der Waals surface area contributed by atoms with Gasteiger partial charge in [0.05, 0.1) is 23.8 Å². The van der Waals surface area contributed by atoms with Gasteiger partial charge in [-0.1, -0.05) is 26.7 Å². The maximum Gasteiger partial charge on any atom is 0.273 e. The lowest BCUT2D eigenvalue weighted by Gasteiger charge is -2.35. The van der Waals surface area contributed by atoms with Gasteiger partial charge in [-0.15, -0.1) is 0 Å². The van der Waals surface area contributed by atoms with Gasteiger partial charge in [0.2, 0.25) is 0 Å². The molecule has 0 amide bonds. The van der Waals surface area contributed by atoms with E-state index in [1.165, 1.54) is 31.4 Å². The fourth-order valence-corrected chi connectivity index (χ4v) is 3.25. The van der Waals surface area contributed by atoms with E-state index in [1.807, 2.05) is 0 Å². The van der Waals surface area contributed by atoms with Gasteiger partial charge >= 0.3 is 0 Å². The van der Waals surface area contributed by atoms with Crippen LogP contribution in [0.3, 0.4) is 0 Å². The summed E-state index contributed by atoms with van der Waals surface area (Å²) >= 11 is 0. The molecule has 0 aromatic heterocycles. The summed E-state index contributed by atoms with van der Waals surface area (Å²) in [6.07, 6.45) is 4.90. The number of nitro groups is 1. The smallest absolute Gasteiger partial charge is 0.273 e.